The average Bonchev–Trinajstić information content (AvgIpc) is 3.46. The predicted octanol–water partition coefficient (Wildman–Crippen LogP) is 3.52. The average molecular weight is 441 g/mol. The Morgan fingerprint density at radius 2 is 1.62 bits per heavy atom. The molecule has 1 saturated carbocycles. The Morgan fingerprint density at radius 3 is 2.38 bits per heavy atom. The Labute approximate surface area is 193 Å². The molecule has 32 heavy (non-hydrogen) atoms. The van der Waals surface area contributed by atoms with Crippen molar-refractivity contribution in [2.45, 2.75) is 82.7 Å². The fourth-order valence-corrected chi connectivity index (χ4v) is 6.20. The molecular weight excluding hydrogens is 400 g/mol. The second-order valence-electron chi connectivity index (χ2n) is 10.3. The highest BCUT2D eigenvalue weighted by molar-refractivity contribution is 5.79. The minimum atomic E-state index is 0.317. The van der Waals surface area contributed by atoms with Crippen LogP contribution in [0.4, 0.5) is 11.8 Å². The van der Waals surface area contributed by atoms with Gasteiger partial charge in [0.1, 0.15) is 5.82 Å². The largest absolute Gasteiger partial charge is 0.356 e. The quantitative estimate of drug-likeness (QED) is 0.756. The lowest BCUT2D eigenvalue weighted by Crippen LogP contribution is -2.47. The van der Waals surface area contributed by atoms with E-state index in [2.05, 4.69) is 31.1 Å². The number of aromatic nitrogens is 2. The van der Waals surface area contributed by atoms with E-state index in [4.69, 9.17) is 4.98 Å². The lowest BCUT2D eigenvalue weighted by molar-refractivity contribution is -0.136. The summed E-state index contributed by atoms with van der Waals surface area (Å²) < 4.78 is 0. The number of likely N-dealkylation sites (tertiary alicyclic amines) is 2. The van der Waals surface area contributed by atoms with E-state index in [-0.39, 0.29) is 0 Å². The van der Waals surface area contributed by atoms with Gasteiger partial charge < -0.3 is 15.1 Å². The van der Waals surface area contributed by atoms with Crippen LogP contribution in [0, 0.1) is 5.92 Å². The van der Waals surface area contributed by atoms with Gasteiger partial charge in [-0.3, -0.25) is 9.69 Å². The number of nitrogens with zero attached hydrogens (tertiary/aromatic N) is 5. The molecule has 0 bridgehead atoms. The van der Waals surface area contributed by atoms with Gasteiger partial charge in [0, 0.05) is 63.5 Å². The van der Waals surface area contributed by atoms with Gasteiger partial charge in [0.15, 0.2) is 0 Å². The number of carbonyl (C=O) groups is 1. The zero-order valence-corrected chi connectivity index (χ0v) is 19.6. The molecule has 4 fully saturated rings. The van der Waals surface area contributed by atoms with Crippen LogP contribution in [0.15, 0.2) is 12.3 Å². The van der Waals surface area contributed by atoms with Crippen LogP contribution in [-0.4, -0.2) is 77.0 Å². The molecule has 4 heterocycles. The molecule has 3 aliphatic heterocycles. The molecule has 1 amide bonds. The van der Waals surface area contributed by atoms with Crippen molar-refractivity contribution in [2.24, 2.45) is 5.92 Å². The van der Waals surface area contributed by atoms with Gasteiger partial charge in [0.2, 0.25) is 11.9 Å². The maximum atomic E-state index is 12.7. The van der Waals surface area contributed by atoms with Gasteiger partial charge in [-0.2, -0.15) is 4.98 Å². The van der Waals surface area contributed by atoms with Gasteiger partial charge in [-0.15, -0.1) is 0 Å². The van der Waals surface area contributed by atoms with Crippen molar-refractivity contribution in [1.82, 2.24) is 19.8 Å². The SMILES string of the molecule is O=C(C1CCCC1)N1CCC(N2CCC(Nc3nccc(N4CCCCCC4)n3)C2)CC1. The van der Waals surface area contributed by atoms with Gasteiger partial charge in [-0.25, -0.2) is 4.98 Å². The second-order valence-corrected chi connectivity index (χ2v) is 10.3. The van der Waals surface area contributed by atoms with Gasteiger partial charge >= 0.3 is 0 Å². The summed E-state index contributed by atoms with van der Waals surface area (Å²) in [6, 6.07) is 3.07. The number of nitrogens with one attached hydrogen (secondary N) is 1. The molecule has 7 heteroatoms. The van der Waals surface area contributed by atoms with Crippen molar-refractivity contribution in [3.8, 4) is 0 Å². The Balaban J connectivity index is 1.10. The third kappa shape index (κ3) is 5.19. The van der Waals surface area contributed by atoms with E-state index in [0.717, 1.165) is 83.1 Å². The van der Waals surface area contributed by atoms with Crippen LogP contribution in [0.25, 0.3) is 0 Å². The van der Waals surface area contributed by atoms with E-state index < -0.39 is 0 Å². The summed E-state index contributed by atoms with van der Waals surface area (Å²) in [4.78, 5) is 29.3. The van der Waals surface area contributed by atoms with Crippen LogP contribution in [0.3, 0.4) is 0 Å². The van der Waals surface area contributed by atoms with Crippen LogP contribution in [0.2, 0.25) is 0 Å². The van der Waals surface area contributed by atoms with E-state index in [1.165, 1.54) is 38.5 Å². The van der Waals surface area contributed by atoms with Crippen molar-refractivity contribution >= 4 is 17.7 Å². The maximum absolute atomic E-state index is 12.7. The third-order valence-corrected chi connectivity index (χ3v) is 8.12. The Hall–Kier alpha value is -1.89. The highest BCUT2D eigenvalue weighted by atomic mass is 16.2. The number of hydrogen-bond donors (Lipinski definition) is 1. The smallest absolute Gasteiger partial charge is 0.225 e. The summed E-state index contributed by atoms with van der Waals surface area (Å²) in [6.45, 7) is 6.28. The van der Waals surface area contributed by atoms with Crippen LogP contribution in [0.5, 0.6) is 0 Å². The van der Waals surface area contributed by atoms with Crippen LogP contribution >= 0.6 is 0 Å². The molecule has 1 aromatic rings. The minimum Gasteiger partial charge on any atom is -0.356 e. The van der Waals surface area contributed by atoms with Gasteiger partial charge in [0.05, 0.1) is 0 Å². The molecule has 1 atom stereocenters. The molecule has 1 aliphatic carbocycles. The Kier molecular flexibility index (Phi) is 7.10. The molecule has 1 unspecified atom stereocenters. The predicted molar refractivity (Wildman–Crippen MR) is 128 cm³/mol. The number of piperidine rings is 1. The molecule has 5 rings (SSSR count). The summed E-state index contributed by atoms with van der Waals surface area (Å²) in [5.74, 6) is 2.59. The zero-order valence-electron chi connectivity index (χ0n) is 19.6. The summed E-state index contributed by atoms with van der Waals surface area (Å²) in [5, 5.41) is 3.61. The van der Waals surface area contributed by atoms with Gasteiger partial charge in [0.25, 0.3) is 0 Å². The molecule has 176 valence electrons. The summed E-state index contributed by atoms with van der Waals surface area (Å²) in [6.07, 6.45) is 15.1. The number of hydrogen-bond acceptors (Lipinski definition) is 6. The van der Waals surface area contributed by atoms with Crippen molar-refractivity contribution in [1.29, 1.82) is 0 Å². The molecule has 4 aliphatic rings. The number of amides is 1. The Morgan fingerprint density at radius 1 is 0.875 bits per heavy atom. The van der Waals surface area contributed by atoms with Crippen molar-refractivity contribution in [3.63, 3.8) is 0 Å². The fraction of sp³-hybridized carbons (Fsp3) is 0.800. The zero-order chi connectivity index (χ0) is 21.8. The molecule has 1 aromatic heterocycles. The van der Waals surface area contributed by atoms with Crippen molar-refractivity contribution < 1.29 is 4.79 Å². The first-order valence-electron chi connectivity index (χ1n) is 13.1. The number of rotatable bonds is 5. The molecule has 0 spiro atoms. The summed E-state index contributed by atoms with van der Waals surface area (Å²) in [7, 11) is 0. The number of anilines is 2. The van der Waals surface area contributed by atoms with Gasteiger partial charge in [-0.05, 0) is 51.0 Å². The fourth-order valence-electron chi connectivity index (χ4n) is 6.20. The first-order valence-corrected chi connectivity index (χ1v) is 13.1. The standard InChI is InChI=1S/C25H40N6O/c32-24(20-7-3-4-8-20)30-17-11-22(12-18-30)31-16-10-21(19-31)27-25-26-13-9-23(28-25)29-14-5-1-2-6-15-29/h9,13,20-22H,1-8,10-12,14-19H2,(H,26,27,28). The van der Waals surface area contributed by atoms with E-state index in [0.29, 0.717) is 23.9 Å². The molecule has 0 radical (unpaired) electrons. The minimum absolute atomic E-state index is 0.317. The van der Waals surface area contributed by atoms with E-state index in [1.807, 2.05) is 6.20 Å². The molecule has 7 nitrogen and oxygen atoms in total. The highest BCUT2D eigenvalue weighted by Crippen LogP contribution is 2.29. The normalized spacial score (nSPS) is 26.4. The van der Waals surface area contributed by atoms with Crippen molar-refractivity contribution in [3.05, 3.63) is 12.3 Å². The first-order chi connectivity index (χ1) is 15.8. The van der Waals surface area contributed by atoms with Crippen LogP contribution in [-0.2, 0) is 4.79 Å². The van der Waals surface area contributed by atoms with E-state index in [1.54, 1.807) is 0 Å². The van der Waals surface area contributed by atoms with E-state index in [9.17, 15) is 4.79 Å². The third-order valence-electron chi connectivity index (χ3n) is 8.12. The van der Waals surface area contributed by atoms with Crippen molar-refractivity contribution in [2.75, 3.05) is 49.5 Å². The maximum Gasteiger partial charge on any atom is 0.225 e. The second kappa shape index (κ2) is 10.4. The first kappa shape index (κ1) is 21.9. The Bertz CT molecular complexity index is 751. The van der Waals surface area contributed by atoms with Crippen LogP contribution in [0.1, 0.15) is 70.6 Å². The monoisotopic (exact) mass is 440 g/mol. The topological polar surface area (TPSA) is 64.6 Å². The van der Waals surface area contributed by atoms with E-state index >= 15 is 0 Å². The van der Waals surface area contributed by atoms with Crippen LogP contribution < -0.4 is 10.2 Å². The molecule has 0 aromatic carbocycles. The van der Waals surface area contributed by atoms with Gasteiger partial charge in [-0.1, -0.05) is 25.7 Å². The lowest BCUT2D eigenvalue weighted by Gasteiger charge is -2.37. The molecular formula is C25H40N6O. The molecule has 1 N–H and O–H groups in total. The highest BCUT2D eigenvalue weighted by Gasteiger charge is 2.34. The summed E-state index contributed by atoms with van der Waals surface area (Å²) in [5.41, 5.74) is 0. The number of carbonyl (C=O) groups excluding carboxylic acids is 1. The summed E-state index contributed by atoms with van der Waals surface area (Å²) >= 11 is 0. The lowest BCUT2D eigenvalue weighted by atomic mass is 10.0. The molecule has 3 saturated heterocycles.